The van der Waals surface area contributed by atoms with E-state index in [1.54, 1.807) is 6.07 Å². The zero-order chi connectivity index (χ0) is 32.3. The number of ether oxygens (including phenoxy) is 2. The summed E-state index contributed by atoms with van der Waals surface area (Å²) >= 11 is 0. The summed E-state index contributed by atoms with van der Waals surface area (Å²) in [4.78, 5) is 37.0. The minimum absolute atomic E-state index is 0.118. The number of pyridine rings is 1. The number of anilines is 1. The molecule has 3 aliphatic rings. The van der Waals surface area contributed by atoms with Gasteiger partial charge >= 0.3 is 6.09 Å². The highest BCUT2D eigenvalue weighted by molar-refractivity contribution is 5.98. The second-order valence-corrected chi connectivity index (χ2v) is 11.6. The van der Waals surface area contributed by atoms with E-state index in [0.29, 0.717) is 22.3 Å². The van der Waals surface area contributed by atoms with E-state index < -0.39 is 61.0 Å². The van der Waals surface area contributed by atoms with E-state index in [2.05, 4.69) is 25.1 Å². The molecule has 1 aliphatic carbocycles. The first kappa shape index (κ1) is 30.7. The van der Waals surface area contributed by atoms with E-state index in [4.69, 9.17) is 10.5 Å². The number of nitrogen functional groups attached to an aromatic ring is 1. The first-order valence-electron chi connectivity index (χ1n) is 14.3. The van der Waals surface area contributed by atoms with Crippen molar-refractivity contribution in [3.05, 3.63) is 35.8 Å². The Hall–Kier alpha value is -4.28. The highest BCUT2D eigenvalue weighted by Gasteiger charge is 2.66. The Morgan fingerprint density at radius 2 is 1.84 bits per heavy atom. The standard InChI is InChI=1S/C28H31F5N8O4/c1-44-25-16(24(42)38-20-18(29)12-40(26(43)45-2)22(20)17-9-28(17,32)33)7-14(10-35-25)19-8-15(21-23(34)36-13-37-41(19)21)11-39-5-3-27(30,31)4-6-39/h7-8,10,13,17-18,20,22H,3-6,9,11-12H2,1-2H3,(H,38,42)(H2,34,36,37)/t17?,18-,20-,22?/m0/s1. The summed E-state index contributed by atoms with van der Waals surface area (Å²) in [6, 6.07) is 0.383. The number of piperidine rings is 1. The maximum atomic E-state index is 15.2. The molecule has 2 aliphatic heterocycles. The van der Waals surface area contributed by atoms with Crippen LogP contribution in [0.5, 0.6) is 5.88 Å². The Balaban J connectivity index is 1.32. The molecule has 2 amide bonds. The number of methoxy groups -OCH3 is 2. The van der Waals surface area contributed by atoms with Gasteiger partial charge in [-0.3, -0.25) is 14.6 Å². The Kier molecular flexibility index (Phi) is 7.69. The number of fused-ring (bicyclic) bond motifs is 1. The molecule has 3 N–H and O–H groups in total. The molecule has 0 bridgehead atoms. The van der Waals surface area contributed by atoms with Gasteiger partial charge in [0.05, 0.1) is 44.5 Å². The van der Waals surface area contributed by atoms with Crippen LogP contribution < -0.4 is 15.8 Å². The number of carbonyl (C=O) groups is 2. The smallest absolute Gasteiger partial charge is 0.409 e. The number of rotatable bonds is 7. The summed E-state index contributed by atoms with van der Waals surface area (Å²) in [5, 5.41) is 6.80. The lowest BCUT2D eigenvalue weighted by Crippen LogP contribution is -2.50. The predicted molar refractivity (Wildman–Crippen MR) is 149 cm³/mol. The number of aromatic nitrogens is 4. The molecule has 2 saturated heterocycles. The van der Waals surface area contributed by atoms with Crippen molar-refractivity contribution >= 4 is 23.3 Å². The molecule has 242 valence electrons. The molecule has 3 aromatic rings. The van der Waals surface area contributed by atoms with Crippen molar-refractivity contribution in [2.24, 2.45) is 5.92 Å². The molecule has 0 spiro atoms. The molecule has 17 heteroatoms. The van der Waals surface area contributed by atoms with Gasteiger partial charge in [0.1, 0.15) is 23.6 Å². The fourth-order valence-corrected chi connectivity index (χ4v) is 6.29. The van der Waals surface area contributed by atoms with Crippen LogP contribution in [0, 0.1) is 5.92 Å². The average molecular weight is 639 g/mol. The second kappa shape index (κ2) is 11.3. The van der Waals surface area contributed by atoms with E-state index in [9.17, 15) is 27.2 Å². The van der Waals surface area contributed by atoms with E-state index in [1.807, 2.05) is 4.90 Å². The highest BCUT2D eigenvalue weighted by atomic mass is 19.3. The number of nitrogens with one attached hydrogen (secondary N) is 1. The van der Waals surface area contributed by atoms with Gasteiger partial charge in [0.15, 0.2) is 5.82 Å². The third-order valence-corrected chi connectivity index (χ3v) is 8.71. The first-order chi connectivity index (χ1) is 21.3. The van der Waals surface area contributed by atoms with Gasteiger partial charge < -0.3 is 20.5 Å². The SMILES string of the molecule is COC(=O)N1C[C@H](F)[C@H](NC(=O)c2cc(-c3cc(CN4CCC(F)(F)CC4)c4c(N)ncnn34)cnc2OC)C1C1CC1(F)F. The van der Waals surface area contributed by atoms with Gasteiger partial charge in [-0.15, -0.1) is 0 Å². The average Bonchev–Trinajstić information content (AvgIpc) is 3.30. The lowest BCUT2D eigenvalue weighted by atomic mass is 10.0. The molecule has 1 saturated carbocycles. The summed E-state index contributed by atoms with van der Waals surface area (Å²) in [6.45, 7) is 0.121. The van der Waals surface area contributed by atoms with Crippen molar-refractivity contribution in [2.75, 3.05) is 39.6 Å². The number of halogens is 5. The van der Waals surface area contributed by atoms with Crippen LogP contribution >= 0.6 is 0 Å². The maximum absolute atomic E-state index is 15.2. The van der Waals surface area contributed by atoms with Crippen LogP contribution in [-0.4, -0.2) is 105 Å². The summed E-state index contributed by atoms with van der Waals surface area (Å²) < 4.78 is 82.5. The molecule has 4 atom stereocenters. The molecule has 5 heterocycles. The topological polar surface area (TPSA) is 140 Å². The third-order valence-electron chi connectivity index (χ3n) is 8.71. The van der Waals surface area contributed by atoms with Crippen molar-refractivity contribution in [2.45, 2.75) is 55.9 Å². The van der Waals surface area contributed by atoms with Gasteiger partial charge in [0.25, 0.3) is 17.8 Å². The molecule has 45 heavy (non-hydrogen) atoms. The number of amides is 2. The predicted octanol–water partition coefficient (Wildman–Crippen LogP) is 3.16. The van der Waals surface area contributed by atoms with Gasteiger partial charge in [-0.05, 0) is 17.7 Å². The first-order valence-corrected chi connectivity index (χ1v) is 14.3. The van der Waals surface area contributed by atoms with Gasteiger partial charge in [0.2, 0.25) is 5.88 Å². The highest BCUT2D eigenvalue weighted by Crippen LogP contribution is 2.54. The van der Waals surface area contributed by atoms with Crippen molar-refractivity contribution in [1.82, 2.24) is 34.7 Å². The number of alkyl halides is 5. The number of hydrogen-bond donors (Lipinski definition) is 2. The van der Waals surface area contributed by atoms with Crippen molar-refractivity contribution < 1.29 is 41.0 Å². The van der Waals surface area contributed by atoms with Gasteiger partial charge in [0, 0.05) is 50.7 Å². The molecule has 0 radical (unpaired) electrons. The lowest BCUT2D eigenvalue weighted by Gasteiger charge is -2.31. The van der Waals surface area contributed by atoms with Crippen LogP contribution in [0.1, 0.15) is 35.2 Å². The minimum atomic E-state index is -3.12. The quantitative estimate of drug-likeness (QED) is 0.374. The number of carbonyl (C=O) groups excluding carboxylic acids is 2. The fourth-order valence-electron chi connectivity index (χ4n) is 6.29. The zero-order valence-corrected chi connectivity index (χ0v) is 24.4. The number of nitrogens with two attached hydrogens (primary N) is 1. The van der Waals surface area contributed by atoms with E-state index in [-0.39, 0.29) is 49.7 Å². The Bertz CT molecular complexity index is 1630. The largest absolute Gasteiger partial charge is 0.480 e. The Morgan fingerprint density at radius 3 is 2.49 bits per heavy atom. The molecule has 6 rings (SSSR count). The van der Waals surface area contributed by atoms with E-state index >= 15 is 4.39 Å². The van der Waals surface area contributed by atoms with Crippen LogP contribution in [0.4, 0.5) is 32.6 Å². The molecule has 3 fully saturated rings. The molecular weight excluding hydrogens is 607 g/mol. The summed E-state index contributed by atoms with van der Waals surface area (Å²) in [5.74, 6) is -8.00. The van der Waals surface area contributed by atoms with E-state index in [1.165, 1.54) is 30.2 Å². The third kappa shape index (κ3) is 5.68. The zero-order valence-electron chi connectivity index (χ0n) is 24.4. The lowest BCUT2D eigenvalue weighted by molar-refractivity contribution is -0.0565. The van der Waals surface area contributed by atoms with Crippen LogP contribution in [0.2, 0.25) is 0 Å². The summed E-state index contributed by atoms with van der Waals surface area (Å²) in [6.07, 6.45) is -1.25. The molecule has 3 aromatic heterocycles. The van der Waals surface area contributed by atoms with Crippen LogP contribution in [0.3, 0.4) is 0 Å². The maximum Gasteiger partial charge on any atom is 0.409 e. The number of likely N-dealkylation sites (tertiary alicyclic amines) is 2. The number of nitrogens with zero attached hydrogens (tertiary/aromatic N) is 6. The Morgan fingerprint density at radius 1 is 1.13 bits per heavy atom. The van der Waals surface area contributed by atoms with Crippen molar-refractivity contribution in [3.8, 4) is 17.1 Å². The van der Waals surface area contributed by atoms with Crippen LogP contribution in [0.25, 0.3) is 16.8 Å². The van der Waals surface area contributed by atoms with Gasteiger partial charge in [-0.2, -0.15) is 5.10 Å². The second-order valence-electron chi connectivity index (χ2n) is 11.6. The monoisotopic (exact) mass is 638 g/mol. The molecular formula is C28H31F5N8O4. The van der Waals surface area contributed by atoms with Gasteiger partial charge in [-0.1, -0.05) is 0 Å². The minimum Gasteiger partial charge on any atom is -0.480 e. The molecule has 12 nitrogen and oxygen atoms in total. The summed E-state index contributed by atoms with van der Waals surface area (Å²) in [7, 11) is 2.34. The molecule has 2 unspecified atom stereocenters. The Labute approximate surface area is 253 Å². The molecule has 0 aromatic carbocycles. The number of hydrogen-bond acceptors (Lipinski definition) is 9. The van der Waals surface area contributed by atoms with Crippen molar-refractivity contribution in [1.29, 1.82) is 0 Å². The van der Waals surface area contributed by atoms with Crippen molar-refractivity contribution in [3.63, 3.8) is 0 Å². The summed E-state index contributed by atoms with van der Waals surface area (Å²) in [5.41, 5.74) is 7.99. The normalized spacial score (nSPS) is 25.7. The van der Waals surface area contributed by atoms with E-state index in [0.717, 1.165) is 12.0 Å². The fraction of sp³-hybridized carbons (Fsp3) is 0.536. The van der Waals surface area contributed by atoms with Gasteiger partial charge in [-0.25, -0.2) is 41.2 Å². The van der Waals surface area contributed by atoms with Crippen LogP contribution in [-0.2, 0) is 11.3 Å². The van der Waals surface area contributed by atoms with Crippen LogP contribution in [0.15, 0.2) is 24.7 Å².